The number of nitrogens with two attached hydrogens (primary N) is 1. The molecule has 1 unspecified atom stereocenters. The SMILES string of the molecule is COc1ccc(C(N)C2CCC(C)CC2)c(C)c1. The minimum Gasteiger partial charge on any atom is -0.497 e. The predicted octanol–water partition coefficient (Wildman–Crippen LogP) is 3.83. The molecule has 18 heavy (non-hydrogen) atoms. The molecule has 2 N–H and O–H groups in total. The summed E-state index contributed by atoms with van der Waals surface area (Å²) in [5.41, 5.74) is 9.00. The average Bonchev–Trinajstić information content (AvgIpc) is 2.38. The Labute approximate surface area is 111 Å². The van der Waals surface area contributed by atoms with Crippen molar-refractivity contribution in [3.05, 3.63) is 29.3 Å². The minimum atomic E-state index is 0.184. The first-order chi connectivity index (χ1) is 8.61. The summed E-state index contributed by atoms with van der Waals surface area (Å²) in [6.45, 7) is 4.48. The fraction of sp³-hybridized carbons (Fsp3) is 0.625. The summed E-state index contributed by atoms with van der Waals surface area (Å²) in [6, 6.07) is 6.42. The number of rotatable bonds is 3. The topological polar surface area (TPSA) is 35.2 Å². The van der Waals surface area contributed by atoms with Crippen LogP contribution >= 0.6 is 0 Å². The highest BCUT2D eigenvalue weighted by Gasteiger charge is 2.25. The third kappa shape index (κ3) is 2.86. The van der Waals surface area contributed by atoms with Gasteiger partial charge in [0.05, 0.1) is 7.11 Å². The lowest BCUT2D eigenvalue weighted by molar-refractivity contribution is 0.255. The van der Waals surface area contributed by atoms with Crippen LogP contribution in [0.2, 0.25) is 0 Å². The molecule has 0 saturated heterocycles. The summed E-state index contributed by atoms with van der Waals surface area (Å²) in [7, 11) is 1.71. The summed E-state index contributed by atoms with van der Waals surface area (Å²) in [5, 5.41) is 0. The summed E-state index contributed by atoms with van der Waals surface area (Å²) < 4.78 is 5.25. The number of benzene rings is 1. The zero-order chi connectivity index (χ0) is 13.1. The Morgan fingerprint density at radius 2 is 1.89 bits per heavy atom. The van der Waals surface area contributed by atoms with Crippen LogP contribution in [-0.4, -0.2) is 7.11 Å². The maximum Gasteiger partial charge on any atom is 0.119 e. The number of ether oxygens (including phenoxy) is 1. The largest absolute Gasteiger partial charge is 0.497 e. The number of hydrogen-bond donors (Lipinski definition) is 1. The fourth-order valence-corrected chi connectivity index (χ4v) is 3.05. The normalized spacial score (nSPS) is 25.8. The molecule has 0 bridgehead atoms. The van der Waals surface area contributed by atoms with Crippen molar-refractivity contribution in [2.45, 2.75) is 45.6 Å². The van der Waals surface area contributed by atoms with Crippen LogP contribution in [0.5, 0.6) is 5.75 Å². The molecule has 1 atom stereocenters. The van der Waals surface area contributed by atoms with Crippen molar-refractivity contribution >= 4 is 0 Å². The van der Waals surface area contributed by atoms with Gasteiger partial charge in [0.15, 0.2) is 0 Å². The molecule has 0 aromatic heterocycles. The molecule has 0 spiro atoms. The van der Waals surface area contributed by atoms with E-state index < -0.39 is 0 Å². The van der Waals surface area contributed by atoms with Gasteiger partial charge in [-0.05, 0) is 54.9 Å². The smallest absolute Gasteiger partial charge is 0.119 e. The van der Waals surface area contributed by atoms with Gasteiger partial charge in [-0.2, -0.15) is 0 Å². The number of hydrogen-bond acceptors (Lipinski definition) is 2. The molecule has 1 aliphatic carbocycles. The highest BCUT2D eigenvalue weighted by Crippen LogP contribution is 2.36. The predicted molar refractivity (Wildman–Crippen MR) is 75.8 cm³/mol. The Morgan fingerprint density at radius 1 is 1.22 bits per heavy atom. The minimum absolute atomic E-state index is 0.184. The van der Waals surface area contributed by atoms with Crippen molar-refractivity contribution in [2.75, 3.05) is 7.11 Å². The Balaban J connectivity index is 2.11. The molecular formula is C16H25NO. The van der Waals surface area contributed by atoms with Crippen LogP contribution in [0.3, 0.4) is 0 Å². The van der Waals surface area contributed by atoms with Gasteiger partial charge < -0.3 is 10.5 Å². The fourth-order valence-electron chi connectivity index (χ4n) is 3.05. The molecule has 1 saturated carbocycles. The number of methoxy groups -OCH3 is 1. The molecule has 2 rings (SSSR count). The third-order valence-electron chi connectivity index (χ3n) is 4.40. The summed E-state index contributed by atoms with van der Waals surface area (Å²) in [5.74, 6) is 2.44. The quantitative estimate of drug-likeness (QED) is 0.881. The van der Waals surface area contributed by atoms with E-state index in [0.29, 0.717) is 5.92 Å². The lowest BCUT2D eigenvalue weighted by atomic mass is 9.77. The van der Waals surface area contributed by atoms with E-state index >= 15 is 0 Å². The zero-order valence-corrected chi connectivity index (χ0v) is 11.8. The van der Waals surface area contributed by atoms with Crippen LogP contribution in [0, 0.1) is 18.8 Å². The van der Waals surface area contributed by atoms with Gasteiger partial charge in [0.1, 0.15) is 5.75 Å². The highest BCUT2D eigenvalue weighted by atomic mass is 16.5. The van der Waals surface area contributed by atoms with Crippen molar-refractivity contribution < 1.29 is 4.74 Å². The third-order valence-corrected chi connectivity index (χ3v) is 4.40. The number of aryl methyl sites for hydroxylation is 1. The van der Waals surface area contributed by atoms with E-state index in [2.05, 4.69) is 26.0 Å². The van der Waals surface area contributed by atoms with E-state index in [1.165, 1.54) is 36.8 Å². The summed E-state index contributed by atoms with van der Waals surface area (Å²) in [4.78, 5) is 0. The van der Waals surface area contributed by atoms with Gasteiger partial charge in [0.2, 0.25) is 0 Å². The van der Waals surface area contributed by atoms with Gasteiger partial charge in [-0.15, -0.1) is 0 Å². The zero-order valence-electron chi connectivity index (χ0n) is 11.8. The van der Waals surface area contributed by atoms with Gasteiger partial charge in [-0.3, -0.25) is 0 Å². The van der Waals surface area contributed by atoms with Crippen LogP contribution in [0.1, 0.15) is 49.8 Å². The Morgan fingerprint density at radius 3 is 2.44 bits per heavy atom. The van der Waals surface area contributed by atoms with E-state index in [1.54, 1.807) is 7.11 Å². The lowest BCUT2D eigenvalue weighted by Crippen LogP contribution is -2.26. The molecular weight excluding hydrogens is 222 g/mol. The van der Waals surface area contributed by atoms with Crippen LogP contribution in [0.25, 0.3) is 0 Å². The lowest BCUT2D eigenvalue weighted by Gasteiger charge is -2.31. The van der Waals surface area contributed by atoms with Crippen molar-refractivity contribution in [3.8, 4) is 5.75 Å². The first-order valence-corrected chi connectivity index (χ1v) is 7.02. The molecule has 1 aromatic rings. The molecule has 100 valence electrons. The molecule has 0 heterocycles. The van der Waals surface area contributed by atoms with E-state index in [-0.39, 0.29) is 6.04 Å². The molecule has 1 fully saturated rings. The molecule has 2 nitrogen and oxygen atoms in total. The van der Waals surface area contributed by atoms with Gasteiger partial charge in [0.25, 0.3) is 0 Å². The summed E-state index contributed by atoms with van der Waals surface area (Å²) >= 11 is 0. The first kappa shape index (κ1) is 13.4. The van der Waals surface area contributed by atoms with E-state index in [0.717, 1.165) is 11.7 Å². The molecule has 0 aliphatic heterocycles. The molecule has 0 radical (unpaired) electrons. The van der Waals surface area contributed by atoms with Crippen molar-refractivity contribution in [2.24, 2.45) is 17.6 Å². The Bertz CT molecular complexity index is 394. The van der Waals surface area contributed by atoms with Crippen molar-refractivity contribution in [1.29, 1.82) is 0 Å². The van der Waals surface area contributed by atoms with E-state index in [4.69, 9.17) is 10.5 Å². The standard InChI is InChI=1S/C16H25NO/c1-11-4-6-13(7-5-11)16(17)15-9-8-14(18-3)10-12(15)2/h8-11,13,16H,4-7,17H2,1-3H3. The second kappa shape index (κ2) is 5.75. The van der Waals surface area contributed by atoms with Gasteiger partial charge in [0, 0.05) is 6.04 Å². The molecule has 0 amide bonds. The Hall–Kier alpha value is -1.02. The second-order valence-corrected chi connectivity index (χ2v) is 5.77. The average molecular weight is 247 g/mol. The molecule has 1 aliphatic rings. The maximum atomic E-state index is 6.47. The van der Waals surface area contributed by atoms with Crippen LogP contribution in [0.15, 0.2) is 18.2 Å². The van der Waals surface area contributed by atoms with E-state index in [9.17, 15) is 0 Å². The van der Waals surface area contributed by atoms with Crippen molar-refractivity contribution in [3.63, 3.8) is 0 Å². The van der Waals surface area contributed by atoms with Crippen molar-refractivity contribution in [1.82, 2.24) is 0 Å². The van der Waals surface area contributed by atoms with E-state index in [1.807, 2.05) is 6.07 Å². The van der Waals surface area contributed by atoms with Crippen LogP contribution < -0.4 is 10.5 Å². The molecule has 1 aromatic carbocycles. The first-order valence-electron chi connectivity index (χ1n) is 7.02. The van der Waals surface area contributed by atoms with Crippen LogP contribution in [-0.2, 0) is 0 Å². The second-order valence-electron chi connectivity index (χ2n) is 5.77. The van der Waals surface area contributed by atoms with Gasteiger partial charge >= 0.3 is 0 Å². The molecule has 2 heteroatoms. The van der Waals surface area contributed by atoms with Crippen LogP contribution in [0.4, 0.5) is 0 Å². The monoisotopic (exact) mass is 247 g/mol. The summed E-state index contributed by atoms with van der Waals surface area (Å²) in [6.07, 6.45) is 5.20. The van der Waals surface area contributed by atoms with Gasteiger partial charge in [-0.1, -0.05) is 25.8 Å². The van der Waals surface area contributed by atoms with Gasteiger partial charge in [-0.25, -0.2) is 0 Å². The highest BCUT2D eigenvalue weighted by molar-refractivity contribution is 5.36. The Kier molecular flexibility index (Phi) is 4.28. The maximum absolute atomic E-state index is 6.47.